The van der Waals surface area contributed by atoms with Crippen molar-refractivity contribution in [2.24, 2.45) is 0 Å². The van der Waals surface area contributed by atoms with Crippen molar-refractivity contribution in [1.82, 2.24) is 15.2 Å². The quantitative estimate of drug-likeness (QED) is 0.246. The second-order valence-corrected chi connectivity index (χ2v) is 8.22. The van der Waals surface area contributed by atoms with Crippen molar-refractivity contribution in [1.29, 1.82) is 0 Å². The lowest BCUT2D eigenvalue weighted by molar-refractivity contribution is -0.386. The second-order valence-electron chi connectivity index (χ2n) is 7.16. The molecule has 1 aromatic heterocycles. The topological polar surface area (TPSA) is 122 Å². The van der Waals surface area contributed by atoms with Gasteiger partial charge in [-0.05, 0) is 18.6 Å². The number of nitro benzene ring substituents is 1. The van der Waals surface area contributed by atoms with Crippen LogP contribution in [0.5, 0.6) is 17.4 Å². The summed E-state index contributed by atoms with van der Waals surface area (Å²) < 4.78 is 16.9. The predicted molar refractivity (Wildman–Crippen MR) is 117 cm³/mol. The zero-order chi connectivity index (χ0) is 22.1. The fourth-order valence-electron chi connectivity index (χ4n) is 3.47. The number of ether oxygens (including phenoxy) is 3. The minimum atomic E-state index is -0.905. The van der Waals surface area contributed by atoms with Gasteiger partial charge in [0, 0.05) is 17.0 Å². The SMILES string of the molecule is CCCCSc1nnc2c(n1)O[C@H](c1cc3c(cc1[N+](=O)[O-])OCO3)Nc1ccccc1-2. The van der Waals surface area contributed by atoms with E-state index in [0.29, 0.717) is 33.6 Å². The fourth-order valence-corrected chi connectivity index (χ4v) is 4.33. The number of nitrogens with one attached hydrogen (secondary N) is 1. The summed E-state index contributed by atoms with van der Waals surface area (Å²) in [5.74, 6) is 1.87. The molecule has 0 bridgehead atoms. The molecule has 2 aromatic carbocycles. The summed E-state index contributed by atoms with van der Waals surface area (Å²) in [5, 5.41) is 24.2. The summed E-state index contributed by atoms with van der Waals surface area (Å²) in [6.07, 6.45) is 1.19. The first-order valence-corrected chi connectivity index (χ1v) is 11.1. The number of benzene rings is 2. The van der Waals surface area contributed by atoms with E-state index in [2.05, 4.69) is 27.4 Å². The molecule has 164 valence electrons. The molecule has 10 nitrogen and oxygen atoms in total. The molecular formula is C21H19N5O5S. The normalized spacial score (nSPS) is 15.7. The zero-order valence-electron chi connectivity index (χ0n) is 17.1. The van der Waals surface area contributed by atoms with Crippen LogP contribution in [0.4, 0.5) is 11.4 Å². The van der Waals surface area contributed by atoms with Crippen molar-refractivity contribution >= 4 is 23.1 Å². The summed E-state index contributed by atoms with van der Waals surface area (Å²) in [7, 11) is 0. The van der Waals surface area contributed by atoms with Gasteiger partial charge in [0.1, 0.15) is 0 Å². The number of para-hydroxylation sites is 1. The molecular weight excluding hydrogens is 434 g/mol. The lowest BCUT2D eigenvalue weighted by Crippen LogP contribution is -2.18. The van der Waals surface area contributed by atoms with Crippen LogP contribution in [0, 0.1) is 10.1 Å². The van der Waals surface area contributed by atoms with Crippen molar-refractivity contribution < 1.29 is 19.1 Å². The fraction of sp³-hybridized carbons (Fsp3) is 0.286. The average Bonchev–Trinajstić information content (AvgIpc) is 3.19. The molecule has 0 spiro atoms. The Kier molecular flexibility index (Phi) is 5.39. The van der Waals surface area contributed by atoms with E-state index in [4.69, 9.17) is 14.2 Å². The van der Waals surface area contributed by atoms with E-state index in [0.717, 1.165) is 24.2 Å². The number of thioether (sulfide) groups is 1. The number of unbranched alkanes of at least 4 members (excludes halogenated alkanes) is 1. The molecule has 2 aliphatic heterocycles. The standard InChI is InChI=1S/C21H19N5O5S/c1-2-3-8-32-21-23-20-18(24-25-21)12-6-4-5-7-14(12)22-19(31-20)13-9-16-17(30-11-29-16)10-15(13)26(27)28/h4-7,9-10,19,22H,2-3,8,11H2,1H3/t19-/m1/s1. The van der Waals surface area contributed by atoms with Gasteiger partial charge in [0.2, 0.25) is 24.1 Å². The van der Waals surface area contributed by atoms with E-state index in [-0.39, 0.29) is 18.4 Å². The molecule has 11 heteroatoms. The number of hydrogen-bond donors (Lipinski definition) is 1. The molecule has 3 aromatic rings. The Balaban J connectivity index is 1.60. The Morgan fingerprint density at radius 2 is 2.03 bits per heavy atom. The van der Waals surface area contributed by atoms with Crippen LogP contribution in [0.15, 0.2) is 41.6 Å². The van der Waals surface area contributed by atoms with Crippen LogP contribution in [-0.4, -0.2) is 32.7 Å². The molecule has 0 radical (unpaired) electrons. The van der Waals surface area contributed by atoms with E-state index in [9.17, 15) is 10.1 Å². The van der Waals surface area contributed by atoms with Gasteiger partial charge in [-0.25, -0.2) is 0 Å². The van der Waals surface area contributed by atoms with Gasteiger partial charge in [-0.15, -0.1) is 10.2 Å². The predicted octanol–water partition coefficient (Wildman–Crippen LogP) is 4.57. The monoisotopic (exact) mass is 453 g/mol. The van der Waals surface area contributed by atoms with Crippen molar-refractivity contribution in [2.45, 2.75) is 31.1 Å². The number of rotatable bonds is 6. The highest BCUT2D eigenvalue weighted by molar-refractivity contribution is 7.99. The van der Waals surface area contributed by atoms with Gasteiger partial charge < -0.3 is 19.5 Å². The Labute approximate surface area is 187 Å². The van der Waals surface area contributed by atoms with Crippen molar-refractivity contribution in [3.8, 4) is 28.6 Å². The molecule has 1 N–H and O–H groups in total. The molecule has 0 amide bonds. The number of hydrogen-bond acceptors (Lipinski definition) is 10. The smallest absolute Gasteiger partial charge is 0.282 e. The maximum absolute atomic E-state index is 11.8. The van der Waals surface area contributed by atoms with E-state index in [1.807, 2.05) is 24.3 Å². The highest BCUT2D eigenvalue weighted by Gasteiger charge is 2.33. The number of aromatic nitrogens is 3. The summed E-state index contributed by atoms with van der Waals surface area (Å²) in [5.41, 5.74) is 2.07. The van der Waals surface area contributed by atoms with Crippen molar-refractivity contribution in [3.63, 3.8) is 0 Å². The third kappa shape index (κ3) is 3.75. The zero-order valence-corrected chi connectivity index (χ0v) is 17.9. The van der Waals surface area contributed by atoms with Gasteiger partial charge in [-0.2, -0.15) is 4.98 Å². The van der Waals surface area contributed by atoms with Crippen LogP contribution in [0.2, 0.25) is 0 Å². The Morgan fingerprint density at radius 1 is 1.22 bits per heavy atom. The van der Waals surface area contributed by atoms with E-state index < -0.39 is 11.2 Å². The summed E-state index contributed by atoms with van der Waals surface area (Å²) in [6, 6.07) is 10.4. The molecule has 0 unspecified atom stereocenters. The third-order valence-corrected chi connectivity index (χ3v) is 5.99. The second kappa shape index (κ2) is 8.50. The third-order valence-electron chi connectivity index (χ3n) is 5.06. The first-order valence-electron chi connectivity index (χ1n) is 10.1. The van der Waals surface area contributed by atoms with Crippen molar-refractivity contribution in [3.05, 3.63) is 52.1 Å². The molecule has 0 fully saturated rings. The van der Waals surface area contributed by atoms with Crippen LogP contribution < -0.4 is 19.5 Å². The number of nitrogens with zero attached hydrogens (tertiary/aromatic N) is 4. The highest BCUT2D eigenvalue weighted by Crippen LogP contribution is 2.44. The van der Waals surface area contributed by atoms with Crippen LogP contribution >= 0.6 is 11.8 Å². The van der Waals surface area contributed by atoms with E-state index in [1.165, 1.54) is 17.8 Å². The lowest BCUT2D eigenvalue weighted by atomic mass is 10.1. The largest absolute Gasteiger partial charge is 0.454 e. The van der Waals surface area contributed by atoms with Gasteiger partial charge >= 0.3 is 0 Å². The van der Waals surface area contributed by atoms with Gasteiger partial charge in [-0.3, -0.25) is 10.1 Å². The lowest BCUT2D eigenvalue weighted by Gasteiger charge is -2.19. The molecule has 1 atom stereocenters. The van der Waals surface area contributed by atoms with Crippen LogP contribution in [-0.2, 0) is 0 Å². The Bertz CT molecular complexity index is 1190. The summed E-state index contributed by atoms with van der Waals surface area (Å²) in [4.78, 5) is 15.9. The maximum atomic E-state index is 11.8. The maximum Gasteiger partial charge on any atom is 0.282 e. The highest BCUT2D eigenvalue weighted by atomic mass is 32.2. The summed E-state index contributed by atoms with van der Waals surface area (Å²) >= 11 is 1.50. The van der Waals surface area contributed by atoms with Crippen LogP contribution in [0.1, 0.15) is 31.6 Å². The van der Waals surface area contributed by atoms with Gasteiger partial charge in [0.15, 0.2) is 17.2 Å². The first-order chi connectivity index (χ1) is 15.6. The average molecular weight is 453 g/mol. The van der Waals surface area contributed by atoms with Crippen LogP contribution in [0.3, 0.4) is 0 Å². The number of anilines is 1. The molecule has 0 saturated carbocycles. The number of fused-ring (bicyclic) bond motifs is 4. The van der Waals surface area contributed by atoms with Gasteiger partial charge in [0.05, 0.1) is 16.6 Å². The molecule has 32 heavy (non-hydrogen) atoms. The van der Waals surface area contributed by atoms with E-state index in [1.54, 1.807) is 6.07 Å². The van der Waals surface area contributed by atoms with Gasteiger partial charge in [0.25, 0.3) is 5.69 Å². The molecule has 0 saturated heterocycles. The van der Waals surface area contributed by atoms with Crippen LogP contribution in [0.25, 0.3) is 11.3 Å². The Hall–Kier alpha value is -3.60. The van der Waals surface area contributed by atoms with Crippen molar-refractivity contribution in [2.75, 3.05) is 17.9 Å². The first kappa shape index (κ1) is 20.3. The Morgan fingerprint density at radius 3 is 2.84 bits per heavy atom. The molecule has 3 heterocycles. The molecule has 5 rings (SSSR count). The molecule has 2 aliphatic rings. The minimum Gasteiger partial charge on any atom is -0.454 e. The number of nitro groups is 1. The molecule has 0 aliphatic carbocycles. The van der Waals surface area contributed by atoms with Gasteiger partial charge in [-0.1, -0.05) is 43.3 Å². The summed E-state index contributed by atoms with van der Waals surface area (Å²) in [6.45, 7) is 2.13. The minimum absolute atomic E-state index is 0.00997. The van der Waals surface area contributed by atoms with E-state index >= 15 is 0 Å².